The van der Waals surface area contributed by atoms with E-state index >= 15 is 0 Å². The Labute approximate surface area is 160 Å². The minimum atomic E-state index is -0.254. The Hall–Kier alpha value is -2.49. The number of rotatable bonds is 4. The van der Waals surface area contributed by atoms with Crippen LogP contribution in [0.5, 0.6) is 5.75 Å². The van der Waals surface area contributed by atoms with Gasteiger partial charge >= 0.3 is 0 Å². The number of aromatic nitrogens is 3. The van der Waals surface area contributed by atoms with E-state index in [0.29, 0.717) is 43.0 Å². The van der Waals surface area contributed by atoms with E-state index in [9.17, 15) is 4.79 Å². The number of thiazole rings is 1. The first-order valence-corrected chi connectivity index (χ1v) is 9.39. The van der Waals surface area contributed by atoms with Gasteiger partial charge in [0.15, 0.2) is 5.13 Å². The lowest BCUT2D eigenvalue weighted by Gasteiger charge is -2.15. The summed E-state index contributed by atoms with van der Waals surface area (Å²) in [7, 11) is 3.38. The monoisotopic (exact) mass is 388 g/mol. The number of hydrogen-bond donors (Lipinski definition) is 1. The summed E-state index contributed by atoms with van der Waals surface area (Å²) < 4.78 is 19.4. The van der Waals surface area contributed by atoms with Crippen molar-refractivity contribution in [1.29, 1.82) is 0 Å². The largest absolute Gasteiger partial charge is 0.494 e. The maximum absolute atomic E-state index is 12.5. The van der Waals surface area contributed by atoms with Gasteiger partial charge in [-0.2, -0.15) is 0 Å². The SMILES string of the molecule is COc1ccc(C2COCCOC2)c2sc(NC(=O)c3cncn3C)nc12. The first-order valence-electron chi connectivity index (χ1n) is 8.58. The number of aryl methyl sites for hydroxylation is 1. The number of amides is 1. The molecule has 1 aromatic carbocycles. The third-order valence-electron chi connectivity index (χ3n) is 4.48. The van der Waals surface area contributed by atoms with Crippen LogP contribution in [0.1, 0.15) is 22.0 Å². The van der Waals surface area contributed by atoms with Crippen LogP contribution in [0.25, 0.3) is 10.2 Å². The standard InChI is InChI=1S/C18H20N4O4S/c1-22-10-19-7-13(22)17(23)21-18-20-15-14(24-2)4-3-12(16(15)27-18)11-8-25-5-6-26-9-11/h3-4,7,10-11H,5-6,8-9H2,1-2H3,(H,20,21,23). The summed E-state index contributed by atoms with van der Waals surface area (Å²) in [6.45, 7) is 2.39. The molecule has 0 radical (unpaired) electrons. The average Bonchev–Trinajstić information content (AvgIpc) is 3.18. The number of carbonyl (C=O) groups excluding carboxylic acids is 1. The summed E-state index contributed by atoms with van der Waals surface area (Å²) in [5.41, 5.74) is 2.28. The van der Waals surface area contributed by atoms with Gasteiger partial charge in [-0.25, -0.2) is 9.97 Å². The number of nitrogens with one attached hydrogen (secondary N) is 1. The average molecular weight is 388 g/mol. The van der Waals surface area contributed by atoms with Crippen LogP contribution in [-0.2, 0) is 16.5 Å². The number of imidazole rings is 1. The van der Waals surface area contributed by atoms with Crippen molar-refractivity contribution in [2.24, 2.45) is 7.05 Å². The van der Waals surface area contributed by atoms with Crippen molar-refractivity contribution < 1.29 is 19.0 Å². The highest BCUT2D eigenvalue weighted by Crippen LogP contribution is 2.38. The van der Waals surface area contributed by atoms with Gasteiger partial charge in [0.25, 0.3) is 5.91 Å². The van der Waals surface area contributed by atoms with E-state index in [4.69, 9.17) is 14.2 Å². The Kier molecular flexibility index (Phi) is 5.06. The maximum Gasteiger partial charge on any atom is 0.275 e. The molecule has 0 bridgehead atoms. The molecule has 142 valence electrons. The zero-order valence-electron chi connectivity index (χ0n) is 15.1. The fourth-order valence-electron chi connectivity index (χ4n) is 3.08. The van der Waals surface area contributed by atoms with Gasteiger partial charge in [-0.15, -0.1) is 0 Å². The number of carbonyl (C=O) groups is 1. The number of fused-ring (bicyclic) bond motifs is 1. The summed E-state index contributed by atoms with van der Waals surface area (Å²) in [5.74, 6) is 0.527. The highest BCUT2D eigenvalue weighted by atomic mass is 32.1. The van der Waals surface area contributed by atoms with Crippen molar-refractivity contribution in [3.63, 3.8) is 0 Å². The molecule has 1 N–H and O–H groups in total. The zero-order valence-corrected chi connectivity index (χ0v) is 15.9. The number of hydrogen-bond acceptors (Lipinski definition) is 7. The Morgan fingerprint density at radius 1 is 1.33 bits per heavy atom. The maximum atomic E-state index is 12.5. The summed E-state index contributed by atoms with van der Waals surface area (Å²) >= 11 is 1.42. The molecule has 9 heteroatoms. The topological polar surface area (TPSA) is 87.5 Å². The van der Waals surface area contributed by atoms with Gasteiger partial charge in [-0.3, -0.25) is 10.1 Å². The Balaban J connectivity index is 1.70. The molecule has 1 aliphatic rings. The Morgan fingerprint density at radius 2 is 2.11 bits per heavy atom. The molecule has 3 aromatic rings. The number of ether oxygens (including phenoxy) is 3. The van der Waals surface area contributed by atoms with Crippen LogP contribution in [0.15, 0.2) is 24.7 Å². The molecular weight excluding hydrogens is 368 g/mol. The fraction of sp³-hybridized carbons (Fsp3) is 0.389. The van der Waals surface area contributed by atoms with Crippen LogP contribution in [0.2, 0.25) is 0 Å². The van der Waals surface area contributed by atoms with Gasteiger partial charge in [0.05, 0.1) is 50.8 Å². The van der Waals surface area contributed by atoms with E-state index in [1.807, 2.05) is 12.1 Å². The minimum absolute atomic E-state index is 0.113. The zero-order chi connectivity index (χ0) is 18.8. The van der Waals surface area contributed by atoms with Crippen LogP contribution in [-0.4, -0.2) is 54.0 Å². The van der Waals surface area contributed by atoms with Crippen LogP contribution in [0.4, 0.5) is 5.13 Å². The van der Waals surface area contributed by atoms with Crippen LogP contribution >= 0.6 is 11.3 Å². The molecule has 1 fully saturated rings. The molecule has 0 saturated carbocycles. The van der Waals surface area contributed by atoms with Crippen LogP contribution < -0.4 is 10.1 Å². The molecule has 2 aromatic heterocycles. The van der Waals surface area contributed by atoms with E-state index in [0.717, 1.165) is 15.8 Å². The third kappa shape index (κ3) is 3.53. The number of benzene rings is 1. The first-order chi connectivity index (χ1) is 13.2. The Bertz CT molecular complexity index is 960. The quantitative estimate of drug-likeness (QED) is 0.739. The number of methoxy groups -OCH3 is 1. The summed E-state index contributed by atoms with van der Waals surface area (Å²) in [4.78, 5) is 21.1. The van der Waals surface area contributed by atoms with Crippen molar-refractivity contribution in [3.05, 3.63) is 35.9 Å². The van der Waals surface area contributed by atoms with Crippen molar-refractivity contribution in [3.8, 4) is 5.75 Å². The highest BCUT2D eigenvalue weighted by molar-refractivity contribution is 7.22. The van der Waals surface area contributed by atoms with Crippen LogP contribution in [0, 0.1) is 0 Å². The predicted octanol–water partition coefficient (Wildman–Crippen LogP) is 2.42. The highest BCUT2D eigenvalue weighted by Gasteiger charge is 2.22. The van der Waals surface area contributed by atoms with E-state index in [2.05, 4.69) is 15.3 Å². The number of anilines is 1. The smallest absolute Gasteiger partial charge is 0.275 e. The molecule has 1 saturated heterocycles. The summed E-state index contributed by atoms with van der Waals surface area (Å²) in [6, 6.07) is 3.92. The number of nitrogens with zero attached hydrogens (tertiary/aromatic N) is 3. The first kappa shape index (κ1) is 17.9. The van der Waals surface area contributed by atoms with Gasteiger partial charge in [-0.1, -0.05) is 17.4 Å². The van der Waals surface area contributed by atoms with E-state index < -0.39 is 0 Å². The second-order valence-corrected chi connectivity index (χ2v) is 7.24. The lowest BCUT2D eigenvalue weighted by molar-refractivity contribution is 0.101. The molecule has 4 rings (SSSR count). The molecule has 1 amide bonds. The second kappa shape index (κ2) is 7.63. The fourth-order valence-corrected chi connectivity index (χ4v) is 4.15. The molecule has 3 heterocycles. The van der Waals surface area contributed by atoms with Gasteiger partial charge in [0.1, 0.15) is 17.0 Å². The third-order valence-corrected chi connectivity index (χ3v) is 5.50. The molecule has 0 unspecified atom stereocenters. The molecule has 0 spiro atoms. The molecular formula is C18H20N4O4S. The van der Waals surface area contributed by atoms with Gasteiger partial charge < -0.3 is 18.8 Å². The summed E-state index contributed by atoms with van der Waals surface area (Å²) in [6.07, 6.45) is 3.11. The molecule has 0 atom stereocenters. The van der Waals surface area contributed by atoms with Crippen molar-refractivity contribution >= 4 is 32.6 Å². The van der Waals surface area contributed by atoms with E-state index in [1.54, 1.807) is 25.1 Å². The molecule has 8 nitrogen and oxygen atoms in total. The molecule has 1 aliphatic heterocycles. The molecule has 27 heavy (non-hydrogen) atoms. The minimum Gasteiger partial charge on any atom is -0.494 e. The van der Waals surface area contributed by atoms with E-state index in [-0.39, 0.29) is 11.8 Å². The van der Waals surface area contributed by atoms with Gasteiger partial charge in [0.2, 0.25) is 0 Å². The van der Waals surface area contributed by atoms with Gasteiger partial charge in [0, 0.05) is 13.0 Å². The second-order valence-electron chi connectivity index (χ2n) is 6.24. The Morgan fingerprint density at radius 3 is 2.78 bits per heavy atom. The predicted molar refractivity (Wildman–Crippen MR) is 102 cm³/mol. The van der Waals surface area contributed by atoms with Crippen molar-refractivity contribution in [2.45, 2.75) is 5.92 Å². The lowest BCUT2D eigenvalue weighted by Crippen LogP contribution is -2.15. The van der Waals surface area contributed by atoms with E-state index in [1.165, 1.54) is 17.5 Å². The normalized spacial score (nSPS) is 15.6. The van der Waals surface area contributed by atoms with Crippen molar-refractivity contribution in [1.82, 2.24) is 14.5 Å². The lowest BCUT2D eigenvalue weighted by atomic mass is 10.0. The summed E-state index contributed by atoms with van der Waals surface area (Å²) in [5, 5.41) is 3.37. The van der Waals surface area contributed by atoms with Crippen LogP contribution in [0.3, 0.4) is 0 Å². The molecule has 0 aliphatic carbocycles. The van der Waals surface area contributed by atoms with Crippen molar-refractivity contribution in [2.75, 3.05) is 38.9 Å². The van der Waals surface area contributed by atoms with Gasteiger partial charge in [-0.05, 0) is 11.6 Å².